The van der Waals surface area contributed by atoms with E-state index in [4.69, 9.17) is 0 Å². The molecule has 0 spiro atoms. The molecule has 0 aliphatic carbocycles. The molecule has 86 valence electrons. The molecule has 0 nitrogen and oxygen atoms in total. The van der Waals surface area contributed by atoms with E-state index < -0.39 is 0 Å². The van der Waals surface area contributed by atoms with Crippen molar-refractivity contribution in [1.29, 1.82) is 0 Å². The molecule has 0 aromatic rings. The zero-order chi connectivity index (χ0) is 11.2. The first kappa shape index (κ1) is 14.0. The Morgan fingerprint density at radius 2 is 1.43 bits per heavy atom. The van der Waals surface area contributed by atoms with Crippen LogP contribution in [0.2, 0.25) is 0 Å². The quantitative estimate of drug-likeness (QED) is 0.545. The maximum absolute atomic E-state index is 2.40. The van der Waals surface area contributed by atoms with Crippen LogP contribution in [0.25, 0.3) is 0 Å². The first-order valence-electron chi connectivity index (χ1n) is 6.45. The highest BCUT2D eigenvalue weighted by atomic mass is 14.3. The molecule has 1 unspecified atom stereocenters. The van der Waals surface area contributed by atoms with Crippen molar-refractivity contribution in [3.63, 3.8) is 0 Å². The molecule has 0 saturated carbocycles. The van der Waals surface area contributed by atoms with E-state index in [0.717, 1.165) is 11.8 Å². The van der Waals surface area contributed by atoms with Crippen LogP contribution in [0.3, 0.4) is 0 Å². The van der Waals surface area contributed by atoms with E-state index in [0.29, 0.717) is 5.41 Å². The molecule has 14 heavy (non-hydrogen) atoms. The van der Waals surface area contributed by atoms with E-state index in [-0.39, 0.29) is 0 Å². The molecular formula is C14H30. The van der Waals surface area contributed by atoms with Gasteiger partial charge in [0.25, 0.3) is 0 Å². The van der Waals surface area contributed by atoms with Crippen LogP contribution in [0.4, 0.5) is 0 Å². The predicted molar refractivity (Wildman–Crippen MR) is 66.5 cm³/mol. The fourth-order valence-corrected chi connectivity index (χ4v) is 2.28. The zero-order valence-electron chi connectivity index (χ0n) is 11.2. The van der Waals surface area contributed by atoms with Crippen molar-refractivity contribution in [3.8, 4) is 0 Å². The lowest BCUT2D eigenvalue weighted by Gasteiger charge is -2.33. The van der Waals surface area contributed by atoms with Gasteiger partial charge < -0.3 is 0 Å². The molecule has 0 aliphatic rings. The van der Waals surface area contributed by atoms with E-state index in [1.807, 2.05) is 0 Å². The Morgan fingerprint density at radius 3 is 1.71 bits per heavy atom. The highest BCUT2D eigenvalue weighted by Crippen LogP contribution is 2.36. The van der Waals surface area contributed by atoms with Gasteiger partial charge in [-0.05, 0) is 23.7 Å². The summed E-state index contributed by atoms with van der Waals surface area (Å²) in [5.41, 5.74) is 0.499. The minimum atomic E-state index is 0.499. The van der Waals surface area contributed by atoms with E-state index in [1.165, 1.54) is 32.1 Å². The molecule has 0 N–H and O–H groups in total. The molecule has 0 aromatic heterocycles. The lowest BCUT2D eigenvalue weighted by molar-refractivity contribution is 0.177. The van der Waals surface area contributed by atoms with Gasteiger partial charge in [-0.3, -0.25) is 0 Å². The third kappa shape index (κ3) is 5.02. The van der Waals surface area contributed by atoms with Crippen LogP contribution in [0.15, 0.2) is 0 Å². The van der Waals surface area contributed by atoms with Crippen LogP contribution in [-0.4, -0.2) is 0 Å². The maximum atomic E-state index is 2.40. The van der Waals surface area contributed by atoms with Crippen LogP contribution < -0.4 is 0 Å². The van der Waals surface area contributed by atoms with Gasteiger partial charge in [-0.2, -0.15) is 0 Å². The molecule has 0 rings (SSSR count). The van der Waals surface area contributed by atoms with Crippen molar-refractivity contribution in [2.24, 2.45) is 17.3 Å². The van der Waals surface area contributed by atoms with Gasteiger partial charge in [0, 0.05) is 0 Å². The Labute approximate surface area is 91.5 Å². The number of rotatable bonds is 6. The first-order chi connectivity index (χ1) is 6.45. The van der Waals surface area contributed by atoms with E-state index in [1.54, 1.807) is 0 Å². The molecule has 0 bridgehead atoms. The topological polar surface area (TPSA) is 0 Å². The first-order valence-corrected chi connectivity index (χ1v) is 6.45. The predicted octanol–water partition coefficient (Wildman–Crippen LogP) is 5.28. The van der Waals surface area contributed by atoms with Crippen molar-refractivity contribution in [3.05, 3.63) is 0 Å². The fraction of sp³-hybridized carbons (Fsp3) is 1.00. The van der Waals surface area contributed by atoms with Gasteiger partial charge in [-0.25, -0.2) is 0 Å². The standard InChI is InChI=1S/C14H30/c1-7-10-13(14(4,5)6)11-12(8-2)9-3/h12-13H,7-11H2,1-6H3. The molecule has 0 aromatic carbocycles. The van der Waals surface area contributed by atoms with Gasteiger partial charge >= 0.3 is 0 Å². The third-order valence-corrected chi connectivity index (χ3v) is 3.63. The van der Waals surface area contributed by atoms with Crippen LogP contribution in [0.5, 0.6) is 0 Å². The normalized spacial score (nSPS) is 14.8. The second-order valence-corrected chi connectivity index (χ2v) is 5.77. The monoisotopic (exact) mass is 198 g/mol. The van der Waals surface area contributed by atoms with Crippen molar-refractivity contribution < 1.29 is 0 Å². The highest BCUT2D eigenvalue weighted by molar-refractivity contribution is 4.76. The summed E-state index contributed by atoms with van der Waals surface area (Å²) < 4.78 is 0. The number of hydrogen-bond acceptors (Lipinski definition) is 0. The molecule has 0 heterocycles. The van der Waals surface area contributed by atoms with E-state index in [2.05, 4.69) is 41.5 Å². The summed E-state index contributed by atoms with van der Waals surface area (Å²) in [5.74, 6) is 1.86. The fourth-order valence-electron chi connectivity index (χ4n) is 2.28. The summed E-state index contributed by atoms with van der Waals surface area (Å²) in [6, 6.07) is 0. The molecule has 1 atom stereocenters. The van der Waals surface area contributed by atoms with Gasteiger partial charge in [-0.15, -0.1) is 0 Å². The second-order valence-electron chi connectivity index (χ2n) is 5.77. The molecule has 0 radical (unpaired) electrons. The van der Waals surface area contributed by atoms with Gasteiger partial charge in [0.1, 0.15) is 0 Å². The van der Waals surface area contributed by atoms with Crippen LogP contribution in [0, 0.1) is 17.3 Å². The Hall–Kier alpha value is 0. The van der Waals surface area contributed by atoms with Gasteiger partial charge in [-0.1, -0.05) is 67.2 Å². The molecule has 0 heteroatoms. The molecule has 0 saturated heterocycles. The zero-order valence-corrected chi connectivity index (χ0v) is 11.2. The molecule has 0 fully saturated rings. The van der Waals surface area contributed by atoms with Crippen molar-refractivity contribution in [1.82, 2.24) is 0 Å². The largest absolute Gasteiger partial charge is 0.0654 e. The summed E-state index contributed by atoms with van der Waals surface area (Å²) in [4.78, 5) is 0. The van der Waals surface area contributed by atoms with Crippen molar-refractivity contribution >= 4 is 0 Å². The second kappa shape index (κ2) is 6.48. The molecule has 0 amide bonds. The van der Waals surface area contributed by atoms with Crippen LogP contribution in [0.1, 0.15) is 73.6 Å². The lowest BCUT2D eigenvalue weighted by Crippen LogP contribution is -2.23. The summed E-state index contributed by atoms with van der Waals surface area (Å²) in [7, 11) is 0. The van der Waals surface area contributed by atoms with Crippen LogP contribution in [-0.2, 0) is 0 Å². The van der Waals surface area contributed by atoms with Crippen molar-refractivity contribution in [2.45, 2.75) is 73.6 Å². The van der Waals surface area contributed by atoms with Crippen LogP contribution >= 0.6 is 0 Å². The van der Waals surface area contributed by atoms with Gasteiger partial charge in [0.2, 0.25) is 0 Å². The van der Waals surface area contributed by atoms with E-state index >= 15 is 0 Å². The van der Waals surface area contributed by atoms with Crippen molar-refractivity contribution in [2.75, 3.05) is 0 Å². The minimum Gasteiger partial charge on any atom is -0.0654 e. The summed E-state index contributed by atoms with van der Waals surface area (Å²) in [6.45, 7) is 14.2. The average Bonchev–Trinajstić information content (AvgIpc) is 2.10. The Kier molecular flexibility index (Phi) is 6.48. The molecular weight excluding hydrogens is 168 g/mol. The third-order valence-electron chi connectivity index (χ3n) is 3.63. The maximum Gasteiger partial charge on any atom is -0.0354 e. The summed E-state index contributed by atoms with van der Waals surface area (Å²) in [6.07, 6.45) is 6.88. The summed E-state index contributed by atoms with van der Waals surface area (Å²) >= 11 is 0. The Bertz CT molecular complexity index is 125. The molecule has 0 aliphatic heterocycles. The smallest absolute Gasteiger partial charge is 0.0354 e. The number of hydrogen-bond donors (Lipinski definition) is 0. The lowest BCUT2D eigenvalue weighted by atomic mass is 9.73. The van der Waals surface area contributed by atoms with Gasteiger partial charge in [0.15, 0.2) is 0 Å². The average molecular weight is 198 g/mol. The summed E-state index contributed by atoms with van der Waals surface area (Å²) in [5, 5.41) is 0. The highest BCUT2D eigenvalue weighted by Gasteiger charge is 2.25. The Balaban J connectivity index is 4.21. The van der Waals surface area contributed by atoms with Gasteiger partial charge in [0.05, 0.1) is 0 Å². The SMILES string of the molecule is CCCC(CC(CC)CC)C(C)(C)C. The van der Waals surface area contributed by atoms with E-state index in [9.17, 15) is 0 Å². The minimum absolute atomic E-state index is 0.499. The Morgan fingerprint density at radius 1 is 0.929 bits per heavy atom.